The van der Waals surface area contributed by atoms with Gasteiger partial charge in [0.2, 0.25) is 5.91 Å². The molecule has 1 aliphatic rings. The van der Waals surface area contributed by atoms with Crippen molar-refractivity contribution in [3.05, 3.63) is 77.9 Å². The maximum atomic E-state index is 13.2. The molecule has 0 saturated carbocycles. The summed E-state index contributed by atoms with van der Waals surface area (Å²) in [5.74, 6) is -0.208. The summed E-state index contributed by atoms with van der Waals surface area (Å²) in [7, 11) is 0. The van der Waals surface area contributed by atoms with E-state index in [1.54, 1.807) is 0 Å². The van der Waals surface area contributed by atoms with Crippen LogP contribution in [0.1, 0.15) is 41.8 Å². The van der Waals surface area contributed by atoms with E-state index in [9.17, 15) is 9.59 Å². The third-order valence-corrected chi connectivity index (χ3v) is 4.90. The molecule has 3 rings (SSSR count). The van der Waals surface area contributed by atoms with E-state index in [-0.39, 0.29) is 17.4 Å². The van der Waals surface area contributed by atoms with Crippen molar-refractivity contribution >= 4 is 17.5 Å². The summed E-state index contributed by atoms with van der Waals surface area (Å²) in [6.45, 7) is 8.07. The molecule has 0 atom stereocenters. The van der Waals surface area contributed by atoms with E-state index in [1.165, 1.54) is 11.6 Å². The minimum Gasteiger partial charge on any atom is -0.348 e. The molecule has 4 nitrogen and oxygen atoms in total. The van der Waals surface area contributed by atoms with Gasteiger partial charge in [-0.2, -0.15) is 0 Å². The summed E-state index contributed by atoms with van der Waals surface area (Å²) in [6, 6.07) is 15.5. The van der Waals surface area contributed by atoms with Crippen LogP contribution in [0.25, 0.3) is 0 Å². The minimum absolute atomic E-state index is 0.00354. The van der Waals surface area contributed by atoms with Crippen LogP contribution >= 0.6 is 0 Å². The van der Waals surface area contributed by atoms with Crippen molar-refractivity contribution in [3.63, 3.8) is 0 Å². The van der Waals surface area contributed by atoms with Crippen molar-refractivity contribution in [3.8, 4) is 0 Å². The van der Waals surface area contributed by atoms with E-state index in [1.807, 2.05) is 47.4 Å². The zero-order chi connectivity index (χ0) is 18.7. The Kier molecular flexibility index (Phi) is 4.94. The van der Waals surface area contributed by atoms with E-state index in [2.05, 4.69) is 31.8 Å². The fourth-order valence-corrected chi connectivity index (χ4v) is 3.36. The summed E-state index contributed by atoms with van der Waals surface area (Å²) in [5.41, 5.74) is 3.56. The Labute approximate surface area is 154 Å². The van der Waals surface area contributed by atoms with Crippen LogP contribution in [0.15, 0.2) is 61.2 Å². The number of carbonyl (C=O) groups is 2. The quantitative estimate of drug-likeness (QED) is 0.853. The van der Waals surface area contributed by atoms with Crippen LogP contribution < -0.4 is 10.2 Å². The number of aryl methyl sites for hydroxylation is 1. The number of anilines is 1. The second-order valence-electron chi connectivity index (χ2n) is 7.20. The van der Waals surface area contributed by atoms with Gasteiger partial charge in [-0.25, -0.2) is 0 Å². The van der Waals surface area contributed by atoms with Crippen LogP contribution in [0.3, 0.4) is 0 Å². The number of hydrogen-bond donors (Lipinski definition) is 1. The number of amides is 2. The first kappa shape index (κ1) is 17.9. The standard InChI is InChI=1S/C22H24N2O2/c1-4-20(25)23-15-16-9-11-18(12-10-16)21(26)24-19-8-6-5-7-17(19)13-14-22(24,2)3/h4-12H,1,13-15H2,2-3H3,(H,23,25). The molecule has 0 unspecified atom stereocenters. The third kappa shape index (κ3) is 3.54. The molecule has 4 heteroatoms. The lowest BCUT2D eigenvalue weighted by atomic mass is 9.86. The van der Waals surface area contributed by atoms with Gasteiger partial charge in [0.1, 0.15) is 0 Å². The summed E-state index contributed by atoms with van der Waals surface area (Å²) in [4.78, 5) is 26.4. The minimum atomic E-state index is -0.234. The average Bonchev–Trinajstić information content (AvgIpc) is 2.65. The molecule has 0 saturated heterocycles. The van der Waals surface area contributed by atoms with Crippen molar-refractivity contribution in [1.82, 2.24) is 5.32 Å². The number of nitrogens with zero attached hydrogens (tertiary/aromatic N) is 1. The van der Waals surface area contributed by atoms with Crippen molar-refractivity contribution in [1.29, 1.82) is 0 Å². The molecule has 0 spiro atoms. The molecular formula is C22H24N2O2. The molecule has 2 aromatic rings. The SMILES string of the molecule is C=CC(=O)NCc1ccc(C(=O)N2c3ccccc3CCC2(C)C)cc1. The molecule has 26 heavy (non-hydrogen) atoms. The second kappa shape index (κ2) is 7.16. The molecule has 0 bridgehead atoms. The van der Waals surface area contributed by atoms with Gasteiger partial charge in [-0.3, -0.25) is 9.59 Å². The lowest BCUT2D eigenvalue weighted by molar-refractivity contribution is -0.116. The van der Waals surface area contributed by atoms with Gasteiger partial charge in [0, 0.05) is 23.3 Å². The number of hydrogen-bond acceptors (Lipinski definition) is 2. The largest absolute Gasteiger partial charge is 0.348 e. The number of para-hydroxylation sites is 1. The maximum Gasteiger partial charge on any atom is 0.258 e. The van der Waals surface area contributed by atoms with Crippen LogP contribution in [0.2, 0.25) is 0 Å². The average molecular weight is 348 g/mol. The Morgan fingerprint density at radius 1 is 1.15 bits per heavy atom. The molecule has 1 aliphatic heterocycles. The van der Waals surface area contributed by atoms with E-state index < -0.39 is 0 Å². The monoisotopic (exact) mass is 348 g/mol. The van der Waals surface area contributed by atoms with E-state index in [0.717, 1.165) is 24.1 Å². The zero-order valence-corrected chi connectivity index (χ0v) is 15.3. The highest BCUT2D eigenvalue weighted by molar-refractivity contribution is 6.07. The highest BCUT2D eigenvalue weighted by atomic mass is 16.2. The fraction of sp³-hybridized carbons (Fsp3) is 0.273. The number of nitrogens with one attached hydrogen (secondary N) is 1. The highest BCUT2D eigenvalue weighted by Crippen LogP contribution is 2.37. The van der Waals surface area contributed by atoms with Crippen molar-refractivity contribution in [2.24, 2.45) is 0 Å². The number of benzene rings is 2. The number of fused-ring (bicyclic) bond motifs is 1. The normalized spacial score (nSPS) is 15.1. The maximum absolute atomic E-state index is 13.2. The number of rotatable bonds is 4. The van der Waals surface area contributed by atoms with Crippen LogP contribution in [0.5, 0.6) is 0 Å². The highest BCUT2D eigenvalue weighted by Gasteiger charge is 2.37. The van der Waals surface area contributed by atoms with Gasteiger partial charge in [0.05, 0.1) is 0 Å². The summed E-state index contributed by atoms with van der Waals surface area (Å²) in [6.07, 6.45) is 3.16. The summed E-state index contributed by atoms with van der Waals surface area (Å²) >= 11 is 0. The predicted octanol–water partition coefficient (Wildman–Crippen LogP) is 3.86. The van der Waals surface area contributed by atoms with Gasteiger partial charge in [0.15, 0.2) is 0 Å². The van der Waals surface area contributed by atoms with Crippen LogP contribution in [-0.2, 0) is 17.8 Å². The van der Waals surface area contributed by atoms with Gasteiger partial charge < -0.3 is 10.2 Å². The summed E-state index contributed by atoms with van der Waals surface area (Å²) < 4.78 is 0. The lowest BCUT2D eigenvalue weighted by Crippen LogP contribution is -2.51. The molecule has 2 amide bonds. The third-order valence-electron chi connectivity index (χ3n) is 4.90. The van der Waals surface area contributed by atoms with Gasteiger partial charge in [-0.1, -0.05) is 36.9 Å². The molecule has 1 N–H and O–H groups in total. The molecule has 134 valence electrons. The number of carbonyl (C=O) groups excluding carboxylic acids is 2. The first-order valence-corrected chi connectivity index (χ1v) is 8.84. The lowest BCUT2D eigenvalue weighted by Gasteiger charge is -2.43. The summed E-state index contributed by atoms with van der Waals surface area (Å²) in [5, 5.41) is 2.73. The molecule has 0 aromatic heterocycles. The smallest absolute Gasteiger partial charge is 0.258 e. The fourth-order valence-electron chi connectivity index (χ4n) is 3.36. The Morgan fingerprint density at radius 2 is 1.85 bits per heavy atom. The van der Waals surface area contributed by atoms with Crippen molar-refractivity contribution < 1.29 is 9.59 Å². The molecule has 2 aromatic carbocycles. The van der Waals surface area contributed by atoms with Gasteiger partial charge in [0.25, 0.3) is 5.91 Å². The van der Waals surface area contributed by atoms with Gasteiger partial charge in [-0.05, 0) is 62.1 Å². The molecule has 1 heterocycles. The topological polar surface area (TPSA) is 49.4 Å². The Morgan fingerprint density at radius 3 is 2.54 bits per heavy atom. The van der Waals surface area contributed by atoms with Crippen LogP contribution in [0, 0.1) is 0 Å². The van der Waals surface area contributed by atoms with Crippen LogP contribution in [-0.4, -0.2) is 17.4 Å². The van der Waals surface area contributed by atoms with E-state index in [4.69, 9.17) is 0 Å². The molecule has 0 fully saturated rings. The molecule has 0 radical (unpaired) electrons. The Hall–Kier alpha value is -2.88. The van der Waals surface area contributed by atoms with Gasteiger partial charge >= 0.3 is 0 Å². The Bertz CT molecular complexity index is 837. The molecular weight excluding hydrogens is 324 g/mol. The molecule has 0 aliphatic carbocycles. The first-order valence-electron chi connectivity index (χ1n) is 8.84. The van der Waals surface area contributed by atoms with E-state index >= 15 is 0 Å². The Balaban J connectivity index is 1.84. The predicted molar refractivity (Wildman–Crippen MR) is 104 cm³/mol. The van der Waals surface area contributed by atoms with Crippen molar-refractivity contribution in [2.45, 2.75) is 38.8 Å². The van der Waals surface area contributed by atoms with Gasteiger partial charge in [-0.15, -0.1) is 0 Å². The van der Waals surface area contributed by atoms with Crippen molar-refractivity contribution in [2.75, 3.05) is 4.90 Å². The van der Waals surface area contributed by atoms with Crippen LogP contribution in [0.4, 0.5) is 5.69 Å². The van der Waals surface area contributed by atoms with E-state index in [0.29, 0.717) is 12.1 Å². The zero-order valence-electron chi connectivity index (χ0n) is 15.3. The first-order chi connectivity index (χ1) is 12.4. The second-order valence-corrected chi connectivity index (χ2v) is 7.20.